The number of hydrogen-bond acceptors (Lipinski definition) is 7. The topological polar surface area (TPSA) is 140 Å². The highest BCUT2D eigenvalue weighted by Gasteiger charge is 2.28. The number of benzene rings is 2. The highest BCUT2D eigenvalue weighted by atomic mass is 16.5. The lowest BCUT2D eigenvalue weighted by Crippen LogP contribution is -2.31. The predicted octanol–water partition coefficient (Wildman–Crippen LogP) is 2.54. The monoisotopic (exact) mass is 465 g/mol. The number of alkyl carbamates (subject to hydrolysis) is 1. The summed E-state index contributed by atoms with van der Waals surface area (Å²) in [4.78, 5) is 34.6. The van der Waals surface area contributed by atoms with Crippen LogP contribution < -0.4 is 10.6 Å². The Labute approximate surface area is 194 Å². The molecule has 1 aliphatic rings. The Morgan fingerprint density at radius 1 is 1.00 bits per heavy atom. The average Bonchev–Trinajstić information content (AvgIpc) is 3.44. The molecule has 0 spiro atoms. The van der Waals surface area contributed by atoms with Gasteiger partial charge in [-0.05, 0) is 22.3 Å². The Bertz CT molecular complexity index is 1150. The van der Waals surface area contributed by atoms with Crippen LogP contribution in [0.3, 0.4) is 0 Å². The van der Waals surface area contributed by atoms with Gasteiger partial charge in [-0.15, -0.1) is 0 Å². The van der Waals surface area contributed by atoms with Gasteiger partial charge in [-0.3, -0.25) is 4.79 Å². The summed E-state index contributed by atoms with van der Waals surface area (Å²) in [6.45, 7) is 0.262. The summed E-state index contributed by atoms with van der Waals surface area (Å²) in [5.74, 6) is -1.44. The maximum absolute atomic E-state index is 12.1. The van der Waals surface area contributed by atoms with E-state index in [1.165, 1.54) is 6.07 Å². The Kier molecular flexibility index (Phi) is 7.19. The summed E-state index contributed by atoms with van der Waals surface area (Å²) < 4.78 is 15.5. The highest BCUT2D eigenvalue weighted by molar-refractivity contribution is 5.85. The Morgan fingerprint density at radius 2 is 1.68 bits per heavy atom. The van der Waals surface area contributed by atoms with Crippen LogP contribution >= 0.6 is 0 Å². The van der Waals surface area contributed by atoms with E-state index in [1.54, 1.807) is 0 Å². The van der Waals surface area contributed by atoms with E-state index in [2.05, 4.69) is 27.9 Å². The van der Waals surface area contributed by atoms with Crippen LogP contribution in [0.15, 0.2) is 59.1 Å². The smallest absolute Gasteiger partial charge is 0.407 e. The molecule has 10 heteroatoms. The summed E-state index contributed by atoms with van der Waals surface area (Å²) in [5, 5.41) is 17.2. The minimum absolute atomic E-state index is 0.0134. The van der Waals surface area contributed by atoms with Gasteiger partial charge in [0.05, 0.1) is 13.2 Å². The molecule has 0 bridgehead atoms. The number of amides is 2. The largest absolute Gasteiger partial charge is 0.476 e. The van der Waals surface area contributed by atoms with Crippen LogP contribution in [-0.4, -0.2) is 54.6 Å². The zero-order valence-electron chi connectivity index (χ0n) is 18.2. The predicted molar refractivity (Wildman–Crippen MR) is 119 cm³/mol. The zero-order valence-corrected chi connectivity index (χ0v) is 18.2. The van der Waals surface area contributed by atoms with Gasteiger partial charge in [-0.1, -0.05) is 53.7 Å². The lowest BCUT2D eigenvalue weighted by molar-refractivity contribution is -0.125. The molecule has 1 heterocycles. The molecule has 34 heavy (non-hydrogen) atoms. The lowest BCUT2D eigenvalue weighted by atomic mass is 9.98. The highest BCUT2D eigenvalue weighted by Crippen LogP contribution is 2.44. The maximum Gasteiger partial charge on any atom is 0.407 e. The van der Waals surface area contributed by atoms with Crippen molar-refractivity contribution in [1.29, 1.82) is 0 Å². The number of aromatic carboxylic acids is 1. The number of hydrogen-bond donors (Lipinski definition) is 3. The normalized spacial score (nSPS) is 12.0. The second-order valence-corrected chi connectivity index (χ2v) is 7.57. The summed E-state index contributed by atoms with van der Waals surface area (Å²) in [6, 6.07) is 17.4. The van der Waals surface area contributed by atoms with Crippen LogP contribution in [0, 0.1) is 0 Å². The molecule has 10 nitrogen and oxygen atoms in total. The van der Waals surface area contributed by atoms with E-state index in [-0.39, 0.29) is 50.3 Å². The molecule has 3 N–H and O–H groups in total. The Morgan fingerprint density at radius 3 is 2.32 bits per heavy atom. The van der Waals surface area contributed by atoms with Crippen molar-refractivity contribution in [2.24, 2.45) is 0 Å². The van der Waals surface area contributed by atoms with Crippen molar-refractivity contribution in [2.45, 2.75) is 12.5 Å². The van der Waals surface area contributed by atoms with Crippen molar-refractivity contribution in [3.8, 4) is 11.1 Å². The van der Waals surface area contributed by atoms with E-state index in [1.807, 2.05) is 36.4 Å². The van der Waals surface area contributed by atoms with E-state index in [0.29, 0.717) is 0 Å². The van der Waals surface area contributed by atoms with Crippen molar-refractivity contribution in [1.82, 2.24) is 15.8 Å². The van der Waals surface area contributed by atoms with Crippen LogP contribution in [-0.2, 0) is 20.8 Å². The minimum Gasteiger partial charge on any atom is -0.476 e. The molecule has 2 aromatic carbocycles. The van der Waals surface area contributed by atoms with Gasteiger partial charge in [0.2, 0.25) is 5.91 Å². The van der Waals surface area contributed by atoms with Crippen LogP contribution in [0.25, 0.3) is 11.1 Å². The molecule has 2 amide bonds. The summed E-state index contributed by atoms with van der Waals surface area (Å²) in [7, 11) is 0. The SMILES string of the molecule is O=C(COCCNC(=O)OCC1c2ccccc2-c2ccccc21)NCc1cc(C(=O)O)no1. The van der Waals surface area contributed by atoms with Crippen LogP contribution in [0.1, 0.15) is 33.3 Å². The van der Waals surface area contributed by atoms with Gasteiger partial charge < -0.3 is 29.7 Å². The fourth-order valence-corrected chi connectivity index (χ4v) is 3.77. The first-order valence-electron chi connectivity index (χ1n) is 10.6. The zero-order chi connectivity index (χ0) is 23.9. The van der Waals surface area contributed by atoms with Gasteiger partial charge in [-0.25, -0.2) is 9.59 Å². The molecule has 0 radical (unpaired) electrons. The third-order valence-electron chi connectivity index (χ3n) is 5.33. The van der Waals surface area contributed by atoms with Crippen molar-refractivity contribution >= 4 is 18.0 Å². The molecule has 3 aromatic rings. The number of ether oxygens (including phenoxy) is 2. The number of carboxylic acids is 1. The fourth-order valence-electron chi connectivity index (χ4n) is 3.77. The van der Waals surface area contributed by atoms with E-state index < -0.39 is 18.0 Å². The molecule has 1 aromatic heterocycles. The first kappa shape index (κ1) is 23.0. The first-order valence-corrected chi connectivity index (χ1v) is 10.6. The number of nitrogens with zero attached hydrogens (tertiary/aromatic N) is 1. The number of carboxylic acid groups (broad SMARTS) is 1. The number of carbonyl (C=O) groups excluding carboxylic acids is 2. The van der Waals surface area contributed by atoms with Crippen molar-refractivity contribution in [3.05, 3.63) is 77.2 Å². The average molecular weight is 465 g/mol. The standard InChI is InChI=1S/C24H23N3O7/c28-22(26-12-15-11-21(23(29)30)27-34-15)14-32-10-9-25-24(31)33-13-20-18-7-3-1-5-16(18)17-6-2-4-8-19(17)20/h1-8,11,20H,9-10,12-14H2,(H,25,31)(H,26,28)(H,29,30). The second kappa shape index (κ2) is 10.6. The van der Waals surface area contributed by atoms with Crippen LogP contribution in [0.4, 0.5) is 4.79 Å². The summed E-state index contributed by atoms with van der Waals surface area (Å²) in [5.41, 5.74) is 4.35. The molecule has 1 aliphatic carbocycles. The van der Waals surface area contributed by atoms with E-state index in [4.69, 9.17) is 19.1 Å². The van der Waals surface area contributed by atoms with E-state index in [0.717, 1.165) is 22.3 Å². The van der Waals surface area contributed by atoms with Crippen LogP contribution in [0.2, 0.25) is 0 Å². The second-order valence-electron chi connectivity index (χ2n) is 7.57. The van der Waals surface area contributed by atoms with Gasteiger partial charge in [0.15, 0.2) is 11.5 Å². The fraction of sp³-hybridized carbons (Fsp3) is 0.250. The van der Waals surface area contributed by atoms with Gasteiger partial charge in [-0.2, -0.15) is 0 Å². The molecule has 0 unspecified atom stereocenters. The molecule has 176 valence electrons. The van der Waals surface area contributed by atoms with Gasteiger partial charge in [0.25, 0.3) is 0 Å². The van der Waals surface area contributed by atoms with Gasteiger partial charge in [0.1, 0.15) is 13.2 Å². The quantitative estimate of drug-likeness (QED) is 0.388. The molecule has 0 aliphatic heterocycles. The van der Waals surface area contributed by atoms with E-state index in [9.17, 15) is 14.4 Å². The third kappa shape index (κ3) is 5.41. The molecular formula is C24H23N3O7. The number of rotatable bonds is 10. The lowest BCUT2D eigenvalue weighted by Gasteiger charge is -2.14. The number of aromatic nitrogens is 1. The maximum atomic E-state index is 12.1. The number of carbonyl (C=O) groups is 3. The third-order valence-corrected chi connectivity index (χ3v) is 5.33. The summed E-state index contributed by atoms with van der Waals surface area (Å²) >= 11 is 0. The molecular weight excluding hydrogens is 442 g/mol. The first-order chi connectivity index (χ1) is 16.5. The molecule has 0 saturated carbocycles. The van der Waals surface area contributed by atoms with Crippen molar-refractivity contribution < 1.29 is 33.5 Å². The molecule has 0 fully saturated rings. The molecule has 0 atom stereocenters. The molecule has 0 saturated heterocycles. The van der Waals surface area contributed by atoms with Gasteiger partial charge in [0, 0.05) is 18.5 Å². The Balaban J connectivity index is 1.13. The van der Waals surface area contributed by atoms with Gasteiger partial charge >= 0.3 is 12.1 Å². The Hall–Kier alpha value is -4.18. The number of nitrogens with one attached hydrogen (secondary N) is 2. The minimum atomic E-state index is -1.21. The van der Waals surface area contributed by atoms with Crippen molar-refractivity contribution in [3.63, 3.8) is 0 Å². The summed E-state index contributed by atoms with van der Waals surface area (Å²) in [6.07, 6.45) is -0.561. The van der Waals surface area contributed by atoms with Crippen molar-refractivity contribution in [2.75, 3.05) is 26.4 Å². The molecule has 4 rings (SSSR count). The van der Waals surface area contributed by atoms with Crippen LogP contribution in [0.5, 0.6) is 0 Å². The van der Waals surface area contributed by atoms with E-state index >= 15 is 0 Å². The number of fused-ring (bicyclic) bond motifs is 3.